The molecule has 0 amide bonds. The van der Waals surface area contributed by atoms with E-state index in [-0.39, 0.29) is 11.5 Å². The van der Waals surface area contributed by atoms with Crippen LogP contribution in [0.3, 0.4) is 0 Å². The highest BCUT2D eigenvalue weighted by Gasteiger charge is 2.24. The van der Waals surface area contributed by atoms with Gasteiger partial charge in [0.25, 0.3) is 5.95 Å². The second-order valence-corrected chi connectivity index (χ2v) is 2.83. The minimum absolute atomic E-state index is 0.170. The van der Waals surface area contributed by atoms with Crippen LogP contribution in [0, 0.1) is 0 Å². The Bertz CT molecular complexity index is 242. The molecular weight excluding hydrogens is 144 g/mol. The summed E-state index contributed by atoms with van der Waals surface area (Å²) < 4.78 is 4.87. The maximum atomic E-state index is 5.29. The van der Waals surface area contributed by atoms with E-state index in [1.54, 1.807) is 0 Å². The van der Waals surface area contributed by atoms with Crippen LogP contribution in [0.2, 0.25) is 0 Å². The van der Waals surface area contributed by atoms with E-state index in [1.165, 1.54) is 0 Å². The molecule has 62 valence electrons. The molecule has 0 aliphatic rings. The molecule has 0 unspecified atom stereocenters. The Balaban J connectivity index is 2.92. The first-order chi connectivity index (χ1) is 5.06. The minimum Gasteiger partial charge on any atom is -0.365 e. The van der Waals surface area contributed by atoms with Gasteiger partial charge >= 0.3 is 0 Å². The Hall–Kier alpha value is -1.10. The lowest BCUT2D eigenvalue weighted by atomic mass is 10.1. The molecule has 5 heteroatoms. The second kappa shape index (κ2) is 2.50. The van der Waals surface area contributed by atoms with Gasteiger partial charge in [-0.25, -0.2) is 0 Å². The van der Waals surface area contributed by atoms with Crippen molar-refractivity contribution in [1.82, 2.24) is 15.5 Å². The molecule has 0 radical (unpaired) electrons. The summed E-state index contributed by atoms with van der Waals surface area (Å²) >= 11 is 0. The van der Waals surface area contributed by atoms with Gasteiger partial charge in [-0.3, -0.25) is 0 Å². The maximum absolute atomic E-state index is 5.29. The van der Waals surface area contributed by atoms with E-state index in [2.05, 4.69) is 15.5 Å². The molecule has 0 aromatic carbocycles. The quantitative estimate of drug-likeness (QED) is 0.635. The molecular formula is C6H12N4O. The molecule has 1 aromatic rings. The minimum atomic E-state index is -0.315. The number of aromatic nitrogens is 2. The molecule has 0 fully saturated rings. The third-order valence-electron chi connectivity index (χ3n) is 1.60. The summed E-state index contributed by atoms with van der Waals surface area (Å²) in [6.07, 6.45) is 0. The van der Waals surface area contributed by atoms with E-state index in [4.69, 9.17) is 10.3 Å². The largest absolute Gasteiger partial charge is 0.365 e. The molecule has 0 saturated carbocycles. The first-order valence-corrected chi connectivity index (χ1v) is 3.35. The van der Waals surface area contributed by atoms with Crippen molar-refractivity contribution < 1.29 is 4.52 Å². The molecule has 0 saturated heterocycles. The molecule has 0 atom stereocenters. The zero-order chi connectivity index (χ0) is 8.48. The van der Waals surface area contributed by atoms with E-state index < -0.39 is 0 Å². The molecule has 3 N–H and O–H groups in total. The predicted octanol–water partition coefficient (Wildman–Crippen LogP) is 0.106. The van der Waals surface area contributed by atoms with Crippen LogP contribution in [0.15, 0.2) is 4.52 Å². The number of hydrogen-bond acceptors (Lipinski definition) is 5. The van der Waals surface area contributed by atoms with Crippen LogP contribution >= 0.6 is 0 Å². The van der Waals surface area contributed by atoms with Crippen LogP contribution in [0.1, 0.15) is 19.7 Å². The smallest absolute Gasteiger partial charge is 0.260 e. The summed E-state index contributed by atoms with van der Waals surface area (Å²) in [5.74, 6) is 0.667. The molecule has 1 heterocycles. The van der Waals surface area contributed by atoms with Gasteiger partial charge in [0.15, 0.2) is 0 Å². The van der Waals surface area contributed by atoms with E-state index in [0.29, 0.717) is 5.89 Å². The first kappa shape index (κ1) is 8.00. The monoisotopic (exact) mass is 156 g/mol. The molecule has 0 aliphatic carbocycles. The predicted molar refractivity (Wildman–Crippen MR) is 40.8 cm³/mol. The molecule has 1 rings (SSSR count). The lowest BCUT2D eigenvalue weighted by molar-refractivity contribution is 0.281. The van der Waals surface area contributed by atoms with E-state index in [0.717, 1.165) is 0 Å². The fourth-order valence-corrected chi connectivity index (χ4v) is 0.596. The third kappa shape index (κ3) is 1.48. The number of nitrogen functional groups attached to an aromatic ring is 1. The highest BCUT2D eigenvalue weighted by atomic mass is 16.5. The van der Waals surface area contributed by atoms with E-state index in [1.807, 2.05) is 20.9 Å². The van der Waals surface area contributed by atoms with Crippen molar-refractivity contribution >= 4 is 5.95 Å². The molecule has 0 bridgehead atoms. The third-order valence-corrected chi connectivity index (χ3v) is 1.60. The number of hydrogen-bond donors (Lipinski definition) is 2. The average molecular weight is 156 g/mol. The SMILES string of the molecule is CNC(C)(C)c1nc(N)no1. The topological polar surface area (TPSA) is 77.0 Å². The molecule has 0 spiro atoms. The van der Waals surface area contributed by atoms with Crippen LogP contribution in [0.25, 0.3) is 0 Å². The van der Waals surface area contributed by atoms with Crippen LogP contribution in [0.4, 0.5) is 5.95 Å². The van der Waals surface area contributed by atoms with Crippen molar-refractivity contribution in [1.29, 1.82) is 0 Å². The van der Waals surface area contributed by atoms with Crippen molar-refractivity contribution in [3.05, 3.63) is 5.89 Å². The molecule has 5 nitrogen and oxygen atoms in total. The number of rotatable bonds is 2. The lowest BCUT2D eigenvalue weighted by Gasteiger charge is -2.17. The Morgan fingerprint density at radius 2 is 2.18 bits per heavy atom. The zero-order valence-corrected chi connectivity index (χ0v) is 6.88. The van der Waals surface area contributed by atoms with Gasteiger partial charge in [-0.05, 0) is 26.1 Å². The standard InChI is InChI=1S/C6H12N4O/c1-6(2,8-3)4-9-5(7)10-11-4/h8H,1-3H3,(H2,7,10). The normalized spacial score (nSPS) is 11.9. The Morgan fingerprint density at radius 1 is 1.55 bits per heavy atom. The van der Waals surface area contributed by atoms with E-state index in [9.17, 15) is 0 Å². The lowest BCUT2D eigenvalue weighted by Crippen LogP contribution is -2.33. The summed E-state index contributed by atoms with van der Waals surface area (Å²) in [6, 6.07) is 0. The van der Waals surface area contributed by atoms with Crippen LogP contribution in [0.5, 0.6) is 0 Å². The highest BCUT2D eigenvalue weighted by molar-refractivity contribution is 5.13. The van der Waals surface area contributed by atoms with Gasteiger partial charge in [0.1, 0.15) is 0 Å². The number of nitrogens with zero attached hydrogens (tertiary/aromatic N) is 2. The van der Waals surface area contributed by atoms with Gasteiger partial charge in [0.05, 0.1) is 5.54 Å². The van der Waals surface area contributed by atoms with Crippen molar-refractivity contribution in [3.63, 3.8) is 0 Å². The van der Waals surface area contributed by atoms with Gasteiger partial charge in [-0.15, -0.1) is 0 Å². The maximum Gasteiger partial charge on any atom is 0.260 e. The van der Waals surface area contributed by atoms with Crippen LogP contribution in [-0.2, 0) is 5.54 Å². The summed E-state index contributed by atoms with van der Waals surface area (Å²) in [7, 11) is 1.82. The fourth-order valence-electron chi connectivity index (χ4n) is 0.596. The number of nitrogens with one attached hydrogen (secondary N) is 1. The Labute approximate surface area is 65.0 Å². The Kier molecular flexibility index (Phi) is 1.82. The van der Waals surface area contributed by atoms with Gasteiger partial charge in [0.2, 0.25) is 5.89 Å². The average Bonchev–Trinajstić information content (AvgIpc) is 2.36. The molecule has 0 aliphatic heterocycles. The number of nitrogens with two attached hydrogens (primary N) is 1. The fraction of sp³-hybridized carbons (Fsp3) is 0.667. The second-order valence-electron chi connectivity index (χ2n) is 2.83. The summed E-state index contributed by atoms with van der Waals surface area (Å²) in [4.78, 5) is 3.89. The van der Waals surface area contributed by atoms with Crippen molar-refractivity contribution in [2.45, 2.75) is 19.4 Å². The van der Waals surface area contributed by atoms with Crippen LogP contribution in [-0.4, -0.2) is 17.2 Å². The van der Waals surface area contributed by atoms with Gasteiger partial charge in [0, 0.05) is 0 Å². The van der Waals surface area contributed by atoms with Gasteiger partial charge < -0.3 is 15.6 Å². The Morgan fingerprint density at radius 3 is 2.55 bits per heavy atom. The highest BCUT2D eigenvalue weighted by Crippen LogP contribution is 2.16. The zero-order valence-electron chi connectivity index (χ0n) is 6.88. The number of anilines is 1. The van der Waals surface area contributed by atoms with Gasteiger partial charge in [-0.2, -0.15) is 4.98 Å². The molecule has 11 heavy (non-hydrogen) atoms. The van der Waals surface area contributed by atoms with Gasteiger partial charge in [-0.1, -0.05) is 0 Å². The van der Waals surface area contributed by atoms with Crippen LogP contribution < -0.4 is 11.1 Å². The summed E-state index contributed by atoms with van der Waals surface area (Å²) in [6.45, 7) is 3.86. The van der Waals surface area contributed by atoms with Crippen molar-refractivity contribution in [2.24, 2.45) is 0 Å². The van der Waals surface area contributed by atoms with Crippen molar-refractivity contribution in [2.75, 3.05) is 12.8 Å². The first-order valence-electron chi connectivity index (χ1n) is 3.35. The molecule has 1 aromatic heterocycles. The summed E-state index contributed by atoms with van der Waals surface area (Å²) in [5.41, 5.74) is 4.97. The van der Waals surface area contributed by atoms with Crippen molar-refractivity contribution in [3.8, 4) is 0 Å². The summed E-state index contributed by atoms with van der Waals surface area (Å²) in [5, 5.41) is 6.50. The van der Waals surface area contributed by atoms with E-state index >= 15 is 0 Å².